The molecular formula is C26H27F3N4O2S. The van der Waals surface area contributed by atoms with Gasteiger partial charge in [-0.3, -0.25) is 0 Å². The highest BCUT2D eigenvalue weighted by Crippen LogP contribution is 2.41. The van der Waals surface area contributed by atoms with E-state index in [1.54, 1.807) is 11.3 Å². The third-order valence-corrected chi connectivity index (χ3v) is 7.03. The van der Waals surface area contributed by atoms with E-state index in [0.29, 0.717) is 5.75 Å². The standard InChI is InChI=1S/C26H27F3N4O2S/c1-15(22-10-11-23(36-22)17-9-7-6-8-16(17)14-33(2)3)30-25-19-13-21(35-5)20(34-4)12-18(19)24(31-32-25)26(27,28)29/h6-13,15H,14H2,1-5H3,(H,30,32)/t15-/m1/s1. The van der Waals surface area contributed by atoms with E-state index in [-0.39, 0.29) is 28.4 Å². The number of anilines is 1. The van der Waals surface area contributed by atoms with Crippen LogP contribution in [0.15, 0.2) is 48.5 Å². The zero-order valence-electron chi connectivity index (χ0n) is 20.6. The Kier molecular flexibility index (Phi) is 7.37. The van der Waals surface area contributed by atoms with E-state index >= 15 is 0 Å². The first-order valence-electron chi connectivity index (χ1n) is 11.2. The van der Waals surface area contributed by atoms with Crippen LogP contribution in [-0.4, -0.2) is 43.4 Å². The molecule has 0 saturated carbocycles. The van der Waals surface area contributed by atoms with Crippen LogP contribution in [0.2, 0.25) is 0 Å². The van der Waals surface area contributed by atoms with E-state index < -0.39 is 11.9 Å². The van der Waals surface area contributed by atoms with Gasteiger partial charge in [0.1, 0.15) is 0 Å². The number of nitrogens with one attached hydrogen (secondary N) is 1. The summed E-state index contributed by atoms with van der Waals surface area (Å²) in [6.45, 7) is 2.75. The fraction of sp³-hybridized carbons (Fsp3) is 0.308. The molecule has 2 heterocycles. The molecule has 0 fully saturated rings. The first kappa shape index (κ1) is 25.7. The molecule has 2 aromatic heterocycles. The molecule has 1 N–H and O–H groups in total. The maximum absolute atomic E-state index is 13.7. The molecule has 190 valence electrons. The molecule has 0 saturated heterocycles. The highest BCUT2D eigenvalue weighted by molar-refractivity contribution is 7.15. The average Bonchev–Trinajstić information content (AvgIpc) is 3.33. The SMILES string of the molecule is COc1cc2c(N[C@H](C)c3ccc(-c4ccccc4CN(C)C)s3)nnc(C(F)(F)F)c2cc1OC. The number of nitrogens with zero attached hydrogens (tertiary/aromatic N) is 3. The lowest BCUT2D eigenvalue weighted by molar-refractivity contribution is -0.140. The Morgan fingerprint density at radius 1 is 0.972 bits per heavy atom. The molecule has 0 unspecified atom stereocenters. The van der Waals surface area contributed by atoms with Gasteiger partial charge in [-0.05, 0) is 56.4 Å². The van der Waals surface area contributed by atoms with E-state index in [1.807, 2.05) is 39.2 Å². The number of benzene rings is 2. The number of fused-ring (bicyclic) bond motifs is 1. The number of alkyl halides is 3. The zero-order chi connectivity index (χ0) is 26.0. The number of halogens is 3. The van der Waals surface area contributed by atoms with Gasteiger partial charge >= 0.3 is 6.18 Å². The fourth-order valence-electron chi connectivity index (χ4n) is 4.04. The minimum absolute atomic E-state index is 0.116. The first-order valence-corrected chi connectivity index (χ1v) is 12.0. The summed E-state index contributed by atoms with van der Waals surface area (Å²) >= 11 is 1.63. The van der Waals surface area contributed by atoms with Gasteiger partial charge in [-0.1, -0.05) is 24.3 Å². The van der Waals surface area contributed by atoms with Crippen molar-refractivity contribution in [3.05, 3.63) is 64.7 Å². The molecule has 6 nitrogen and oxygen atoms in total. The van der Waals surface area contributed by atoms with Gasteiger partial charge in [0.25, 0.3) is 0 Å². The van der Waals surface area contributed by atoms with E-state index in [4.69, 9.17) is 9.47 Å². The summed E-state index contributed by atoms with van der Waals surface area (Å²) in [7, 11) is 6.86. The maximum Gasteiger partial charge on any atom is 0.435 e. The monoisotopic (exact) mass is 516 g/mol. The number of hydrogen-bond donors (Lipinski definition) is 1. The maximum atomic E-state index is 13.7. The van der Waals surface area contributed by atoms with Gasteiger partial charge < -0.3 is 19.7 Å². The predicted molar refractivity (Wildman–Crippen MR) is 137 cm³/mol. The minimum atomic E-state index is -4.67. The van der Waals surface area contributed by atoms with Crippen molar-refractivity contribution in [1.82, 2.24) is 15.1 Å². The predicted octanol–water partition coefficient (Wildman–Crippen LogP) is 6.63. The molecule has 0 spiro atoms. The van der Waals surface area contributed by atoms with Gasteiger partial charge in [-0.25, -0.2) is 0 Å². The van der Waals surface area contributed by atoms with Crippen LogP contribution in [-0.2, 0) is 12.7 Å². The van der Waals surface area contributed by atoms with Crippen LogP contribution in [0.3, 0.4) is 0 Å². The summed E-state index contributed by atoms with van der Waals surface area (Å²) in [6.07, 6.45) is -4.67. The molecule has 36 heavy (non-hydrogen) atoms. The van der Waals surface area contributed by atoms with E-state index in [2.05, 4.69) is 38.6 Å². The highest BCUT2D eigenvalue weighted by atomic mass is 32.1. The van der Waals surface area contributed by atoms with Crippen molar-refractivity contribution in [1.29, 1.82) is 0 Å². The van der Waals surface area contributed by atoms with Crippen LogP contribution in [0.5, 0.6) is 11.5 Å². The van der Waals surface area contributed by atoms with Crippen molar-refractivity contribution in [3.8, 4) is 21.9 Å². The van der Waals surface area contributed by atoms with Crippen molar-refractivity contribution in [2.24, 2.45) is 0 Å². The number of thiophene rings is 1. The van der Waals surface area contributed by atoms with E-state index in [9.17, 15) is 13.2 Å². The van der Waals surface area contributed by atoms with Crippen LogP contribution in [0.4, 0.5) is 19.0 Å². The Hall–Kier alpha value is -3.37. The largest absolute Gasteiger partial charge is 0.493 e. The second-order valence-corrected chi connectivity index (χ2v) is 9.73. The number of rotatable bonds is 8. The average molecular weight is 517 g/mol. The van der Waals surface area contributed by atoms with Gasteiger partial charge in [-0.2, -0.15) is 13.2 Å². The van der Waals surface area contributed by atoms with Crippen LogP contribution in [0.25, 0.3) is 21.2 Å². The normalized spacial score (nSPS) is 12.7. The van der Waals surface area contributed by atoms with Gasteiger partial charge in [0.2, 0.25) is 0 Å². The van der Waals surface area contributed by atoms with Crippen molar-refractivity contribution < 1.29 is 22.6 Å². The van der Waals surface area contributed by atoms with Gasteiger partial charge in [0.05, 0.1) is 20.3 Å². The Balaban J connectivity index is 1.70. The van der Waals surface area contributed by atoms with Gasteiger partial charge in [0, 0.05) is 27.1 Å². The number of methoxy groups -OCH3 is 2. The van der Waals surface area contributed by atoms with Crippen molar-refractivity contribution in [2.45, 2.75) is 25.7 Å². The number of hydrogen-bond acceptors (Lipinski definition) is 7. The first-order chi connectivity index (χ1) is 17.1. The Morgan fingerprint density at radius 2 is 1.64 bits per heavy atom. The Labute approximate surface area is 211 Å². The summed E-state index contributed by atoms with van der Waals surface area (Å²) in [4.78, 5) is 4.25. The molecule has 2 aromatic carbocycles. The topological polar surface area (TPSA) is 59.5 Å². The molecule has 4 aromatic rings. The number of aromatic nitrogens is 2. The molecule has 1 atom stereocenters. The Morgan fingerprint density at radius 3 is 2.28 bits per heavy atom. The molecule has 0 aliphatic carbocycles. The van der Waals surface area contributed by atoms with Crippen LogP contribution >= 0.6 is 11.3 Å². The highest BCUT2D eigenvalue weighted by Gasteiger charge is 2.36. The third kappa shape index (κ3) is 5.24. The summed E-state index contributed by atoms with van der Waals surface area (Å²) in [5, 5.41) is 10.8. The summed E-state index contributed by atoms with van der Waals surface area (Å²) in [6, 6.07) is 14.9. The lowest BCUT2D eigenvalue weighted by Crippen LogP contribution is -2.14. The molecule has 10 heteroatoms. The molecule has 0 aliphatic heterocycles. The molecule has 0 amide bonds. The Bertz CT molecular complexity index is 1370. The summed E-state index contributed by atoms with van der Waals surface area (Å²) in [5.74, 6) is 0.717. The van der Waals surface area contributed by atoms with E-state index in [0.717, 1.165) is 21.9 Å². The zero-order valence-corrected chi connectivity index (χ0v) is 21.4. The molecule has 0 bridgehead atoms. The molecule has 4 rings (SSSR count). The van der Waals surface area contributed by atoms with Gasteiger partial charge in [-0.15, -0.1) is 21.5 Å². The second kappa shape index (κ2) is 10.3. The number of ether oxygens (including phenoxy) is 2. The summed E-state index contributed by atoms with van der Waals surface area (Å²) in [5.41, 5.74) is 1.30. The molecular weight excluding hydrogens is 489 g/mol. The summed E-state index contributed by atoms with van der Waals surface area (Å²) < 4.78 is 51.6. The third-order valence-electron chi connectivity index (χ3n) is 5.73. The second-order valence-electron chi connectivity index (χ2n) is 8.61. The van der Waals surface area contributed by atoms with Crippen LogP contribution in [0.1, 0.15) is 29.1 Å². The quantitative estimate of drug-likeness (QED) is 0.284. The van der Waals surface area contributed by atoms with Crippen molar-refractivity contribution in [3.63, 3.8) is 0 Å². The minimum Gasteiger partial charge on any atom is -0.493 e. The van der Waals surface area contributed by atoms with Crippen molar-refractivity contribution in [2.75, 3.05) is 33.6 Å². The lowest BCUT2D eigenvalue weighted by atomic mass is 10.1. The molecule has 0 radical (unpaired) electrons. The molecule has 0 aliphatic rings. The van der Waals surface area contributed by atoms with E-state index in [1.165, 1.54) is 31.9 Å². The fourth-order valence-corrected chi connectivity index (χ4v) is 5.11. The van der Waals surface area contributed by atoms with Crippen molar-refractivity contribution >= 4 is 27.9 Å². The van der Waals surface area contributed by atoms with Gasteiger partial charge in [0.15, 0.2) is 23.0 Å². The van der Waals surface area contributed by atoms with Crippen LogP contribution in [0, 0.1) is 0 Å². The smallest absolute Gasteiger partial charge is 0.435 e. The van der Waals surface area contributed by atoms with Crippen LogP contribution < -0.4 is 14.8 Å². The lowest BCUT2D eigenvalue weighted by Gasteiger charge is -2.18.